The van der Waals surface area contributed by atoms with Crippen molar-refractivity contribution in [2.75, 3.05) is 32.7 Å². The van der Waals surface area contributed by atoms with Gasteiger partial charge in [0.1, 0.15) is 6.33 Å². The summed E-state index contributed by atoms with van der Waals surface area (Å²) in [6, 6.07) is 23.5. The molecule has 0 unspecified atom stereocenters. The summed E-state index contributed by atoms with van der Waals surface area (Å²) >= 11 is 0. The molecule has 1 fully saturated rings. The highest BCUT2D eigenvalue weighted by atomic mass is 16.3. The number of rotatable bonds is 8. The molecule has 9 heteroatoms. The first kappa shape index (κ1) is 23.5. The van der Waals surface area contributed by atoms with Gasteiger partial charge < -0.3 is 9.67 Å². The number of aliphatic hydroxyl groups is 1. The van der Waals surface area contributed by atoms with Crippen LogP contribution in [0.1, 0.15) is 17.2 Å². The molecule has 0 radical (unpaired) electrons. The largest absolute Gasteiger partial charge is 0.390 e. The number of aliphatic hydroxyl groups excluding tert-OH is 1. The number of nitrogens with zero attached hydrogens (tertiary/aromatic N) is 8. The molecule has 3 aromatic heterocycles. The van der Waals surface area contributed by atoms with Gasteiger partial charge in [-0.25, -0.2) is 19.6 Å². The van der Waals surface area contributed by atoms with E-state index in [1.54, 1.807) is 17.2 Å². The van der Waals surface area contributed by atoms with Gasteiger partial charge in [0.15, 0.2) is 17.0 Å². The molecule has 2 aromatic carbocycles. The van der Waals surface area contributed by atoms with Gasteiger partial charge in [-0.3, -0.25) is 9.80 Å². The van der Waals surface area contributed by atoms with Crippen molar-refractivity contribution in [1.29, 1.82) is 0 Å². The number of hydrogen-bond acceptors (Lipinski definition) is 7. The topological polar surface area (TPSA) is 88.1 Å². The maximum absolute atomic E-state index is 11.0. The second kappa shape index (κ2) is 10.6. The second-order valence-electron chi connectivity index (χ2n) is 9.43. The third kappa shape index (κ3) is 5.01. The Hall–Kier alpha value is -3.92. The van der Waals surface area contributed by atoms with E-state index in [0.717, 1.165) is 26.2 Å². The molecule has 0 bridgehead atoms. The van der Waals surface area contributed by atoms with Crippen LogP contribution in [-0.2, 0) is 6.54 Å². The van der Waals surface area contributed by atoms with Gasteiger partial charge in [-0.1, -0.05) is 60.7 Å². The van der Waals surface area contributed by atoms with E-state index in [2.05, 4.69) is 90.5 Å². The molecule has 6 rings (SSSR count). The van der Waals surface area contributed by atoms with Gasteiger partial charge in [-0.2, -0.15) is 5.10 Å². The van der Waals surface area contributed by atoms with Crippen LogP contribution in [0.3, 0.4) is 0 Å². The molecule has 1 N–H and O–H groups in total. The lowest BCUT2D eigenvalue weighted by Crippen LogP contribution is -2.50. The maximum atomic E-state index is 11.0. The molecule has 1 aliphatic heterocycles. The zero-order valence-corrected chi connectivity index (χ0v) is 20.6. The van der Waals surface area contributed by atoms with E-state index in [0.29, 0.717) is 30.1 Å². The lowest BCUT2D eigenvalue weighted by molar-refractivity contribution is 0.0560. The van der Waals surface area contributed by atoms with Gasteiger partial charge in [0, 0.05) is 45.1 Å². The van der Waals surface area contributed by atoms with Gasteiger partial charge in [-0.05, 0) is 17.2 Å². The Labute approximate surface area is 215 Å². The quantitative estimate of drug-likeness (QED) is 0.355. The van der Waals surface area contributed by atoms with Crippen molar-refractivity contribution in [3.05, 3.63) is 103 Å². The molecule has 4 heterocycles. The van der Waals surface area contributed by atoms with Crippen molar-refractivity contribution in [1.82, 2.24) is 39.1 Å². The third-order valence-electron chi connectivity index (χ3n) is 6.98. The Balaban J connectivity index is 1.10. The molecular formula is C28H30N8O. The van der Waals surface area contributed by atoms with Crippen LogP contribution in [0.25, 0.3) is 17.0 Å². The predicted molar refractivity (Wildman–Crippen MR) is 141 cm³/mol. The van der Waals surface area contributed by atoms with E-state index in [1.807, 2.05) is 16.8 Å². The Morgan fingerprint density at radius 1 is 0.784 bits per heavy atom. The third-order valence-corrected chi connectivity index (χ3v) is 6.98. The average molecular weight is 495 g/mol. The van der Waals surface area contributed by atoms with Crippen molar-refractivity contribution in [3.8, 4) is 5.82 Å². The fraction of sp³-hybridized carbons (Fsp3) is 0.286. The number of aromatic nitrogens is 6. The van der Waals surface area contributed by atoms with Crippen LogP contribution >= 0.6 is 0 Å². The molecule has 188 valence electrons. The summed E-state index contributed by atoms with van der Waals surface area (Å²) in [5.41, 5.74) is 3.98. The SMILES string of the molecule is O[C@@H](CN1CCN(C(c2ccccc2)c2ccccc2)CC1)Cn1cnc2c(-n3cccn3)ncnc21. The van der Waals surface area contributed by atoms with Crippen LogP contribution < -0.4 is 0 Å². The molecule has 0 saturated carbocycles. The Morgan fingerprint density at radius 2 is 1.49 bits per heavy atom. The van der Waals surface area contributed by atoms with Crippen molar-refractivity contribution in [3.63, 3.8) is 0 Å². The van der Waals surface area contributed by atoms with E-state index in [-0.39, 0.29) is 6.04 Å². The smallest absolute Gasteiger partial charge is 0.184 e. The molecule has 5 aromatic rings. The Kier molecular flexibility index (Phi) is 6.72. The van der Waals surface area contributed by atoms with Crippen LogP contribution in [0.5, 0.6) is 0 Å². The highest BCUT2D eigenvalue weighted by Gasteiger charge is 2.27. The van der Waals surface area contributed by atoms with Gasteiger partial charge >= 0.3 is 0 Å². The zero-order chi connectivity index (χ0) is 25.0. The van der Waals surface area contributed by atoms with Gasteiger partial charge in [0.05, 0.1) is 25.0 Å². The van der Waals surface area contributed by atoms with Crippen molar-refractivity contribution >= 4 is 11.2 Å². The lowest BCUT2D eigenvalue weighted by Gasteiger charge is -2.40. The molecule has 1 atom stereocenters. The monoisotopic (exact) mass is 494 g/mol. The maximum Gasteiger partial charge on any atom is 0.184 e. The van der Waals surface area contributed by atoms with Crippen molar-refractivity contribution < 1.29 is 5.11 Å². The highest BCUT2D eigenvalue weighted by molar-refractivity contribution is 5.78. The molecule has 0 spiro atoms. The molecule has 0 aliphatic carbocycles. The summed E-state index contributed by atoms with van der Waals surface area (Å²) in [6.45, 7) is 4.72. The van der Waals surface area contributed by atoms with Crippen molar-refractivity contribution in [2.45, 2.75) is 18.7 Å². The number of hydrogen-bond donors (Lipinski definition) is 1. The van der Waals surface area contributed by atoms with Crippen LogP contribution in [0.15, 0.2) is 91.8 Å². The first-order chi connectivity index (χ1) is 18.3. The summed E-state index contributed by atoms with van der Waals surface area (Å²) < 4.78 is 3.57. The van der Waals surface area contributed by atoms with E-state index >= 15 is 0 Å². The Morgan fingerprint density at radius 3 is 2.14 bits per heavy atom. The molecule has 0 amide bonds. The fourth-order valence-electron chi connectivity index (χ4n) is 5.24. The number of piperazine rings is 1. The minimum atomic E-state index is -0.536. The van der Waals surface area contributed by atoms with Crippen molar-refractivity contribution in [2.24, 2.45) is 0 Å². The summed E-state index contributed by atoms with van der Waals surface area (Å²) in [5.74, 6) is 0.630. The first-order valence-electron chi connectivity index (χ1n) is 12.7. The van der Waals surface area contributed by atoms with Crippen LogP contribution in [0, 0.1) is 0 Å². The van der Waals surface area contributed by atoms with Gasteiger partial charge in [-0.15, -0.1) is 0 Å². The number of fused-ring (bicyclic) bond motifs is 1. The predicted octanol–water partition coefficient (Wildman–Crippen LogP) is 2.78. The number of benzene rings is 2. The van der Waals surface area contributed by atoms with E-state index in [4.69, 9.17) is 0 Å². The van der Waals surface area contributed by atoms with E-state index in [9.17, 15) is 5.11 Å². The fourth-order valence-corrected chi connectivity index (χ4v) is 5.24. The first-order valence-corrected chi connectivity index (χ1v) is 12.7. The highest BCUT2D eigenvalue weighted by Crippen LogP contribution is 2.29. The average Bonchev–Trinajstić information content (AvgIpc) is 3.62. The standard InChI is InChI=1S/C28H30N8O/c37-24(19-35-21-31-25-27(35)29-20-30-28(25)36-13-7-12-32-36)18-33-14-16-34(17-15-33)26(22-8-3-1-4-9-22)23-10-5-2-6-11-23/h1-13,20-21,24,26,37H,14-19H2/t24-/m0/s1. The molecule has 1 aliphatic rings. The summed E-state index contributed by atoms with van der Waals surface area (Å²) in [6.07, 6.45) is 6.23. The molecule has 37 heavy (non-hydrogen) atoms. The van der Waals surface area contributed by atoms with Crippen LogP contribution in [0.4, 0.5) is 0 Å². The minimum Gasteiger partial charge on any atom is -0.390 e. The number of imidazole rings is 1. The summed E-state index contributed by atoms with van der Waals surface area (Å²) in [5, 5.41) is 15.2. The van der Waals surface area contributed by atoms with Gasteiger partial charge in [0.25, 0.3) is 0 Å². The second-order valence-corrected chi connectivity index (χ2v) is 9.43. The molecule has 9 nitrogen and oxygen atoms in total. The van der Waals surface area contributed by atoms with E-state index in [1.165, 1.54) is 17.5 Å². The molecular weight excluding hydrogens is 464 g/mol. The lowest BCUT2D eigenvalue weighted by atomic mass is 9.96. The summed E-state index contributed by atoms with van der Waals surface area (Å²) in [4.78, 5) is 18.2. The number of β-amino-alcohol motifs (C(OH)–C–C–N with tert-alkyl or cyclic N) is 1. The van der Waals surface area contributed by atoms with Gasteiger partial charge in [0.2, 0.25) is 0 Å². The van der Waals surface area contributed by atoms with E-state index < -0.39 is 6.10 Å². The van der Waals surface area contributed by atoms with Crippen LogP contribution in [0.2, 0.25) is 0 Å². The Bertz CT molecular complexity index is 1370. The zero-order valence-electron chi connectivity index (χ0n) is 20.6. The van der Waals surface area contributed by atoms with Crippen LogP contribution in [-0.4, -0.2) is 83.0 Å². The minimum absolute atomic E-state index is 0.232. The molecule has 1 saturated heterocycles. The summed E-state index contributed by atoms with van der Waals surface area (Å²) in [7, 11) is 0. The normalized spacial score (nSPS) is 15.9.